The molecule has 0 radical (unpaired) electrons. The van der Waals surface area contributed by atoms with E-state index < -0.39 is 11.9 Å². The lowest BCUT2D eigenvalue weighted by Crippen LogP contribution is -2.03. The van der Waals surface area contributed by atoms with Crippen LogP contribution in [-0.4, -0.2) is 19.3 Å². The van der Waals surface area contributed by atoms with Crippen LogP contribution in [0.2, 0.25) is 0 Å². The van der Waals surface area contributed by atoms with Crippen LogP contribution in [0.25, 0.3) is 0 Å². The van der Waals surface area contributed by atoms with E-state index in [0.717, 1.165) is 0 Å². The van der Waals surface area contributed by atoms with Gasteiger partial charge in [-0.3, -0.25) is 0 Å². The Bertz CT molecular complexity index is 594. The Hall–Kier alpha value is -1.59. The van der Waals surface area contributed by atoms with E-state index in [1.54, 1.807) is 30.3 Å². The standard InChI is InChI=1S/C15H14BrFO3/c1-19-10-6-9(7-11(8-10)20-2)15(18)12-4-3-5-13(17)14(12)16/h3-8,15,18H,1-2H3. The zero-order valence-electron chi connectivity index (χ0n) is 11.1. The molecule has 0 aliphatic carbocycles. The molecule has 0 bridgehead atoms. The van der Waals surface area contributed by atoms with Crippen molar-refractivity contribution >= 4 is 15.9 Å². The van der Waals surface area contributed by atoms with Gasteiger partial charge in [-0.25, -0.2) is 4.39 Å². The van der Waals surface area contributed by atoms with Crippen molar-refractivity contribution in [2.45, 2.75) is 6.10 Å². The third-order valence-electron chi connectivity index (χ3n) is 2.97. The quantitative estimate of drug-likeness (QED) is 0.922. The minimum Gasteiger partial charge on any atom is -0.497 e. The van der Waals surface area contributed by atoms with E-state index in [2.05, 4.69) is 15.9 Å². The van der Waals surface area contributed by atoms with Gasteiger partial charge >= 0.3 is 0 Å². The molecule has 0 aliphatic heterocycles. The van der Waals surface area contributed by atoms with E-state index in [9.17, 15) is 9.50 Å². The number of hydrogen-bond donors (Lipinski definition) is 1. The van der Waals surface area contributed by atoms with E-state index in [0.29, 0.717) is 22.6 Å². The zero-order valence-corrected chi connectivity index (χ0v) is 12.6. The minimum atomic E-state index is -0.982. The molecule has 1 unspecified atom stereocenters. The molecule has 0 saturated heterocycles. The second-order valence-corrected chi connectivity index (χ2v) is 4.98. The summed E-state index contributed by atoms with van der Waals surface area (Å²) in [6, 6.07) is 9.61. The van der Waals surface area contributed by atoms with Crippen LogP contribution in [0.5, 0.6) is 11.5 Å². The maximum atomic E-state index is 13.5. The van der Waals surface area contributed by atoms with Crippen molar-refractivity contribution < 1.29 is 19.0 Å². The third-order valence-corrected chi connectivity index (χ3v) is 3.80. The first kappa shape index (κ1) is 14.8. The van der Waals surface area contributed by atoms with Gasteiger partial charge in [0.25, 0.3) is 0 Å². The Kier molecular flexibility index (Phi) is 4.62. The highest BCUT2D eigenvalue weighted by molar-refractivity contribution is 9.10. The SMILES string of the molecule is COc1cc(OC)cc(C(O)c2cccc(F)c2Br)c1. The number of benzene rings is 2. The van der Waals surface area contributed by atoms with Gasteiger partial charge in [0.1, 0.15) is 23.4 Å². The molecule has 0 aliphatic rings. The fourth-order valence-electron chi connectivity index (χ4n) is 1.90. The van der Waals surface area contributed by atoms with Gasteiger partial charge in [-0.05, 0) is 39.7 Å². The molecule has 106 valence electrons. The molecule has 1 N–H and O–H groups in total. The fourth-order valence-corrected chi connectivity index (χ4v) is 2.38. The highest BCUT2D eigenvalue weighted by Gasteiger charge is 2.17. The van der Waals surface area contributed by atoms with Crippen LogP contribution in [0.15, 0.2) is 40.9 Å². The number of rotatable bonds is 4. The highest BCUT2D eigenvalue weighted by atomic mass is 79.9. The van der Waals surface area contributed by atoms with Gasteiger partial charge in [0.15, 0.2) is 0 Å². The predicted octanol–water partition coefficient (Wildman–Crippen LogP) is 3.69. The van der Waals surface area contributed by atoms with Gasteiger partial charge in [0, 0.05) is 11.6 Å². The fraction of sp³-hybridized carbons (Fsp3) is 0.200. The topological polar surface area (TPSA) is 38.7 Å². The van der Waals surface area contributed by atoms with Crippen LogP contribution < -0.4 is 9.47 Å². The van der Waals surface area contributed by atoms with Crippen molar-refractivity contribution in [3.8, 4) is 11.5 Å². The summed E-state index contributed by atoms with van der Waals surface area (Å²) in [6.07, 6.45) is -0.982. The van der Waals surface area contributed by atoms with E-state index >= 15 is 0 Å². The average molecular weight is 341 g/mol. The summed E-state index contributed by atoms with van der Waals surface area (Å²) >= 11 is 3.15. The lowest BCUT2D eigenvalue weighted by atomic mass is 10.0. The minimum absolute atomic E-state index is 0.245. The van der Waals surface area contributed by atoms with Crippen molar-refractivity contribution in [2.75, 3.05) is 14.2 Å². The van der Waals surface area contributed by atoms with Crippen molar-refractivity contribution in [1.82, 2.24) is 0 Å². The lowest BCUT2D eigenvalue weighted by Gasteiger charge is -2.16. The number of ether oxygens (including phenoxy) is 2. The van der Waals surface area contributed by atoms with Crippen LogP contribution in [0.4, 0.5) is 4.39 Å². The van der Waals surface area contributed by atoms with Crippen LogP contribution in [0.1, 0.15) is 17.2 Å². The number of aliphatic hydroxyl groups is 1. The summed E-state index contributed by atoms with van der Waals surface area (Å²) in [5, 5.41) is 10.4. The average Bonchev–Trinajstić information content (AvgIpc) is 2.48. The van der Waals surface area contributed by atoms with Crippen molar-refractivity contribution in [3.05, 3.63) is 57.8 Å². The molecule has 2 aromatic carbocycles. The Balaban J connectivity index is 2.47. The molecule has 0 aromatic heterocycles. The molecule has 1 atom stereocenters. The predicted molar refractivity (Wildman–Crippen MR) is 77.7 cm³/mol. The van der Waals surface area contributed by atoms with Gasteiger partial charge < -0.3 is 14.6 Å². The first-order valence-electron chi connectivity index (χ1n) is 5.91. The van der Waals surface area contributed by atoms with Crippen LogP contribution >= 0.6 is 15.9 Å². The molecular weight excluding hydrogens is 327 g/mol. The second kappa shape index (κ2) is 6.24. The van der Waals surface area contributed by atoms with Crippen LogP contribution in [0, 0.1) is 5.82 Å². The van der Waals surface area contributed by atoms with E-state index in [1.165, 1.54) is 20.3 Å². The Labute approximate surface area is 125 Å². The maximum absolute atomic E-state index is 13.5. The van der Waals surface area contributed by atoms with Crippen molar-refractivity contribution in [2.24, 2.45) is 0 Å². The number of methoxy groups -OCH3 is 2. The highest BCUT2D eigenvalue weighted by Crippen LogP contribution is 2.33. The molecule has 0 heterocycles. The summed E-state index contributed by atoms with van der Waals surface area (Å²) < 4.78 is 24.1. The normalized spacial score (nSPS) is 12.1. The van der Waals surface area contributed by atoms with E-state index in [-0.39, 0.29) is 4.47 Å². The molecule has 2 rings (SSSR count). The smallest absolute Gasteiger partial charge is 0.137 e. The summed E-state index contributed by atoms with van der Waals surface area (Å²) in [4.78, 5) is 0. The summed E-state index contributed by atoms with van der Waals surface area (Å²) in [5.41, 5.74) is 1.01. The van der Waals surface area contributed by atoms with Crippen molar-refractivity contribution in [3.63, 3.8) is 0 Å². The summed E-state index contributed by atoms with van der Waals surface area (Å²) in [5.74, 6) is 0.702. The summed E-state index contributed by atoms with van der Waals surface area (Å²) in [6.45, 7) is 0. The molecule has 20 heavy (non-hydrogen) atoms. The second-order valence-electron chi connectivity index (χ2n) is 4.19. The number of halogens is 2. The molecule has 2 aromatic rings. The zero-order chi connectivity index (χ0) is 14.7. The van der Waals surface area contributed by atoms with Gasteiger partial charge in [0.05, 0.1) is 18.7 Å². The molecule has 0 amide bonds. The van der Waals surface area contributed by atoms with Gasteiger partial charge in [0.2, 0.25) is 0 Å². The first-order chi connectivity index (χ1) is 9.56. The molecule has 0 fully saturated rings. The number of aliphatic hydroxyl groups excluding tert-OH is 1. The van der Waals surface area contributed by atoms with Gasteiger partial charge in [-0.2, -0.15) is 0 Å². The van der Waals surface area contributed by atoms with Gasteiger partial charge in [-0.1, -0.05) is 12.1 Å². The summed E-state index contributed by atoms with van der Waals surface area (Å²) in [7, 11) is 3.06. The molecule has 0 spiro atoms. The van der Waals surface area contributed by atoms with Crippen LogP contribution in [0.3, 0.4) is 0 Å². The number of hydrogen-bond acceptors (Lipinski definition) is 3. The Morgan fingerprint density at radius 1 is 1.10 bits per heavy atom. The molecular formula is C15H14BrFO3. The van der Waals surface area contributed by atoms with Crippen molar-refractivity contribution in [1.29, 1.82) is 0 Å². The largest absolute Gasteiger partial charge is 0.497 e. The van der Waals surface area contributed by atoms with Gasteiger partial charge in [-0.15, -0.1) is 0 Å². The first-order valence-corrected chi connectivity index (χ1v) is 6.71. The monoisotopic (exact) mass is 340 g/mol. The van der Waals surface area contributed by atoms with E-state index in [1.807, 2.05) is 0 Å². The lowest BCUT2D eigenvalue weighted by molar-refractivity contribution is 0.217. The molecule has 5 heteroatoms. The van der Waals surface area contributed by atoms with Crippen LogP contribution in [-0.2, 0) is 0 Å². The van der Waals surface area contributed by atoms with E-state index in [4.69, 9.17) is 9.47 Å². The Morgan fingerprint density at radius 2 is 1.70 bits per heavy atom. The third kappa shape index (κ3) is 2.94. The molecule has 3 nitrogen and oxygen atoms in total. The maximum Gasteiger partial charge on any atom is 0.137 e. The molecule has 0 saturated carbocycles. The Morgan fingerprint density at radius 3 is 2.25 bits per heavy atom.